The molecule has 2 aromatic carbocycles. The van der Waals surface area contributed by atoms with E-state index in [2.05, 4.69) is 17.1 Å². The first kappa shape index (κ1) is 11.6. The van der Waals surface area contributed by atoms with E-state index in [9.17, 15) is 4.79 Å². The molecule has 22 heavy (non-hydrogen) atoms. The van der Waals surface area contributed by atoms with E-state index < -0.39 is 0 Å². The van der Waals surface area contributed by atoms with E-state index in [1.807, 2.05) is 42.5 Å². The minimum absolute atomic E-state index is 0.00504. The van der Waals surface area contributed by atoms with Crippen LogP contribution in [0.15, 0.2) is 64.4 Å². The van der Waals surface area contributed by atoms with Crippen LogP contribution in [0.3, 0.4) is 0 Å². The Balaban J connectivity index is 1.85. The van der Waals surface area contributed by atoms with E-state index in [4.69, 9.17) is 4.98 Å². The van der Waals surface area contributed by atoms with Gasteiger partial charge in [-0.1, -0.05) is 36.4 Å². The van der Waals surface area contributed by atoms with E-state index in [1.165, 1.54) is 0 Å². The number of allylic oxidation sites excluding steroid dienone is 2. The number of fused-ring (bicyclic) bond motifs is 6. The molecule has 4 heteroatoms. The van der Waals surface area contributed by atoms with Crippen LogP contribution >= 0.6 is 0 Å². The maximum absolute atomic E-state index is 12.7. The summed E-state index contributed by atoms with van der Waals surface area (Å²) in [6, 6.07) is 15.5. The Labute approximate surface area is 126 Å². The Bertz CT molecular complexity index is 1070. The Morgan fingerprint density at radius 3 is 2.77 bits per heavy atom. The van der Waals surface area contributed by atoms with Crippen molar-refractivity contribution in [2.45, 2.75) is 6.54 Å². The number of aromatic nitrogens is 2. The lowest BCUT2D eigenvalue weighted by atomic mass is 9.99. The zero-order valence-electron chi connectivity index (χ0n) is 11.7. The number of nitrogens with zero attached hydrogens (tertiary/aromatic N) is 3. The van der Waals surface area contributed by atoms with Crippen LogP contribution in [-0.2, 0) is 6.54 Å². The first-order valence-electron chi connectivity index (χ1n) is 7.21. The molecule has 0 fully saturated rings. The summed E-state index contributed by atoms with van der Waals surface area (Å²) in [5, 5.41) is 0.652. The summed E-state index contributed by atoms with van der Waals surface area (Å²) in [5.41, 5.74) is 4.66. The highest BCUT2D eigenvalue weighted by Gasteiger charge is 2.28. The van der Waals surface area contributed by atoms with Crippen LogP contribution in [0.4, 0.5) is 5.69 Å². The molecule has 3 aromatic rings. The number of hydrogen-bond acceptors (Lipinski definition) is 3. The predicted molar refractivity (Wildman–Crippen MR) is 86.6 cm³/mol. The number of para-hydroxylation sites is 2. The number of rotatable bonds is 0. The number of aliphatic imine (C=N–C) groups is 1. The summed E-state index contributed by atoms with van der Waals surface area (Å²) >= 11 is 0. The molecule has 0 N–H and O–H groups in total. The second-order valence-electron chi connectivity index (χ2n) is 5.46. The van der Waals surface area contributed by atoms with Crippen LogP contribution in [0, 0.1) is 0 Å². The summed E-state index contributed by atoms with van der Waals surface area (Å²) in [6.07, 6.45) is 2.06. The highest BCUT2D eigenvalue weighted by molar-refractivity contribution is 6.35. The van der Waals surface area contributed by atoms with Crippen LogP contribution in [-0.4, -0.2) is 15.3 Å². The molecule has 0 atom stereocenters. The van der Waals surface area contributed by atoms with Crippen LogP contribution in [0.5, 0.6) is 0 Å². The molecule has 2 aliphatic rings. The third-order valence-electron chi connectivity index (χ3n) is 4.23. The SMILES string of the molecule is O=c1c2ccccc2nc2n1CC=C1C2=Nc2ccccc21. The maximum Gasteiger partial charge on any atom is 0.261 e. The molecule has 0 saturated heterocycles. The summed E-state index contributed by atoms with van der Waals surface area (Å²) in [5.74, 6) is 0.664. The number of benzene rings is 2. The molecular weight excluding hydrogens is 274 g/mol. The van der Waals surface area contributed by atoms with Gasteiger partial charge in [-0.25, -0.2) is 9.98 Å². The predicted octanol–water partition coefficient (Wildman–Crippen LogP) is 2.93. The molecule has 4 nitrogen and oxygen atoms in total. The summed E-state index contributed by atoms with van der Waals surface area (Å²) in [7, 11) is 0. The molecule has 0 spiro atoms. The molecule has 0 unspecified atom stereocenters. The van der Waals surface area contributed by atoms with E-state index >= 15 is 0 Å². The lowest BCUT2D eigenvalue weighted by molar-refractivity contribution is 0.751. The van der Waals surface area contributed by atoms with Crippen molar-refractivity contribution in [3.05, 3.63) is 76.3 Å². The van der Waals surface area contributed by atoms with Crippen molar-refractivity contribution in [2.75, 3.05) is 0 Å². The fourth-order valence-corrected chi connectivity index (χ4v) is 3.18. The van der Waals surface area contributed by atoms with Gasteiger partial charge in [-0.05, 0) is 18.2 Å². The molecule has 0 aliphatic carbocycles. The highest BCUT2D eigenvalue weighted by atomic mass is 16.1. The minimum atomic E-state index is -0.00504. The van der Waals surface area contributed by atoms with Crippen LogP contribution in [0.25, 0.3) is 16.5 Å². The van der Waals surface area contributed by atoms with Gasteiger partial charge in [-0.15, -0.1) is 0 Å². The summed E-state index contributed by atoms with van der Waals surface area (Å²) in [4.78, 5) is 22.1. The molecule has 2 aliphatic heterocycles. The molecular formula is C18H11N3O. The normalized spacial score (nSPS) is 14.9. The van der Waals surface area contributed by atoms with Crippen LogP contribution in [0.2, 0.25) is 0 Å². The quantitative estimate of drug-likeness (QED) is 0.637. The summed E-state index contributed by atoms with van der Waals surface area (Å²) < 4.78 is 1.70. The first-order chi connectivity index (χ1) is 10.8. The van der Waals surface area contributed by atoms with Crippen molar-refractivity contribution >= 4 is 27.9 Å². The standard InChI is InChI=1S/C18H11N3O/c22-18-13-6-2-4-8-15(13)20-17-16-12(9-10-21(17)18)11-5-1-3-7-14(11)19-16/h1-9H,10H2. The number of hydrogen-bond donors (Lipinski definition) is 0. The monoisotopic (exact) mass is 285 g/mol. The van der Waals surface area contributed by atoms with Gasteiger partial charge >= 0.3 is 0 Å². The van der Waals surface area contributed by atoms with Crippen molar-refractivity contribution in [3.8, 4) is 0 Å². The fourth-order valence-electron chi connectivity index (χ4n) is 3.18. The Kier molecular flexibility index (Phi) is 2.12. The molecule has 5 rings (SSSR count). The molecule has 0 saturated carbocycles. The van der Waals surface area contributed by atoms with Gasteiger partial charge in [0.05, 0.1) is 16.6 Å². The molecule has 0 bridgehead atoms. The average Bonchev–Trinajstić information content (AvgIpc) is 2.94. The maximum atomic E-state index is 12.7. The van der Waals surface area contributed by atoms with Crippen LogP contribution < -0.4 is 5.56 Å². The summed E-state index contributed by atoms with van der Waals surface area (Å²) in [6.45, 7) is 0.536. The van der Waals surface area contributed by atoms with Crippen molar-refractivity contribution in [1.82, 2.24) is 9.55 Å². The van der Waals surface area contributed by atoms with Crippen molar-refractivity contribution < 1.29 is 0 Å². The zero-order valence-corrected chi connectivity index (χ0v) is 11.7. The van der Waals surface area contributed by atoms with Gasteiger partial charge < -0.3 is 0 Å². The van der Waals surface area contributed by atoms with Crippen molar-refractivity contribution in [3.63, 3.8) is 0 Å². The largest absolute Gasteiger partial charge is 0.287 e. The molecule has 0 amide bonds. The van der Waals surface area contributed by atoms with E-state index in [-0.39, 0.29) is 5.56 Å². The average molecular weight is 285 g/mol. The van der Waals surface area contributed by atoms with Gasteiger partial charge in [-0.2, -0.15) is 0 Å². The van der Waals surface area contributed by atoms with E-state index in [1.54, 1.807) is 4.57 Å². The lowest BCUT2D eigenvalue weighted by Gasteiger charge is -2.17. The second-order valence-corrected chi connectivity index (χ2v) is 5.46. The second kappa shape index (κ2) is 4.01. The van der Waals surface area contributed by atoms with Gasteiger partial charge in [-0.3, -0.25) is 9.36 Å². The van der Waals surface area contributed by atoms with Gasteiger partial charge in [0.1, 0.15) is 5.71 Å². The lowest BCUT2D eigenvalue weighted by Crippen LogP contribution is -2.30. The molecule has 1 aromatic heterocycles. The third-order valence-corrected chi connectivity index (χ3v) is 4.23. The smallest absolute Gasteiger partial charge is 0.261 e. The third kappa shape index (κ3) is 1.39. The highest BCUT2D eigenvalue weighted by Crippen LogP contribution is 2.37. The Morgan fingerprint density at radius 1 is 1.00 bits per heavy atom. The Morgan fingerprint density at radius 2 is 1.82 bits per heavy atom. The molecule has 3 heterocycles. The molecule has 104 valence electrons. The zero-order chi connectivity index (χ0) is 14.7. The Hall–Kier alpha value is -3.01. The van der Waals surface area contributed by atoms with Gasteiger partial charge in [0, 0.05) is 17.7 Å². The topological polar surface area (TPSA) is 47.2 Å². The van der Waals surface area contributed by atoms with Crippen molar-refractivity contribution in [1.29, 1.82) is 0 Å². The van der Waals surface area contributed by atoms with E-state index in [0.717, 1.165) is 28.1 Å². The van der Waals surface area contributed by atoms with Gasteiger partial charge in [0.2, 0.25) is 0 Å². The molecule has 0 radical (unpaired) electrons. The first-order valence-corrected chi connectivity index (χ1v) is 7.21. The van der Waals surface area contributed by atoms with Gasteiger partial charge in [0.25, 0.3) is 5.56 Å². The van der Waals surface area contributed by atoms with Crippen LogP contribution in [0.1, 0.15) is 11.4 Å². The van der Waals surface area contributed by atoms with E-state index in [0.29, 0.717) is 17.8 Å². The van der Waals surface area contributed by atoms with Gasteiger partial charge in [0.15, 0.2) is 5.82 Å². The van der Waals surface area contributed by atoms with Crippen molar-refractivity contribution in [2.24, 2.45) is 4.99 Å². The fraction of sp³-hybridized carbons (Fsp3) is 0.0556. The minimum Gasteiger partial charge on any atom is -0.287 e.